The molecule has 0 aliphatic carbocycles. The molecule has 0 aromatic carbocycles. The van der Waals surface area contributed by atoms with Crippen molar-refractivity contribution in [3.05, 3.63) is 0 Å². The topological polar surface area (TPSA) is 89.9 Å². The normalized spacial score (nSPS) is 11.7. The molecule has 1 N–H and O–H groups in total. The smallest absolute Gasteiger partial charge is 0.411 e. The van der Waals surface area contributed by atoms with Crippen LogP contribution in [0.1, 0.15) is 27.7 Å². The monoisotopic (exact) mass is 266 g/mol. The van der Waals surface area contributed by atoms with E-state index in [1.165, 1.54) is 0 Å². The lowest BCUT2D eigenvalue weighted by Crippen LogP contribution is -2.16. The molecule has 0 spiro atoms. The Kier molecular flexibility index (Phi) is 6.42. The van der Waals surface area contributed by atoms with E-state index in [1.54, 1.807) is 27.7 Å². The van der Waals surface area contributed by atoms with Crippen molar-refractivity contribution < 1.29 is 28.5 Å². The minimum Gasteiger partial charge on any atom is -0.458 e. The molecule has 0 fully saturated rings. The number of carbonyl (C=O) groups excluding carboxylic acids is 2. The van der Waals surface area contributed by atoms with Crippen LogP contribution in [0.25, 0.3) is 0 Å². The molecule has 0 aliphatic rings. The zero-order chi connectivity index (χ0) is 13.6. The van der Waals surface area contributed by atoms with Crippen LogP contribution in [-0.2, 0) is 14.0 Å². The summed E-state index contributed by atoms with van der Waals surface area (Å²) < 4.78 is 20.5. The van der Waals surface area contributed by atoms with Crippen LogP contribution in [0.2, 0.25) is 0 Å². The highest BCUT2D eigenvalue weighted by Crippen LogP contribution is 2.45. The highest BCUT2D eigenvalue weighted by Gasteiger charge is 2.42. The lowest BCUT2D eigenvalue weighted by molar-refractivity contribution is 0.144. The molecule has 0 rings (SSSR count). The Morgan fingerprint density at radius 1 is 1.00 bits per heavy atom. The summed E-state index contributed by atoms with van der Waals surface area (Å²) in [5, 5.41) is 0. The summed E-state index contributed by atoms with van der Waals surface area (Å²) in [7, 11) is -4.71. The minimum absolute atomic E-state index is 0.0131. The third kappa shape index (κ3) is 5.84. The zero-order valence-corrected chi connectivity index (χ0v) is 11.4. The maximum atomic E-state index is 11.4. The van der Waals surface area contributed by atoms with Gasteiger partial charge in [0.05, 0.1) is 13.2 Å². The number of rotatable bonds is 6. The van der Waals surface area contributed by atoms with Crippen LogP contribution in [0.4, 0.5) is 9.59 Å². The summed E-state index contributed by atoms with van der Waals surface area (Å²) in [5.74, 6) is 0.0382. The van der Waals surface area contributed by atoms with Gasteiger partial charge >= 0.3 is 18.8 Å². The molecule has 6 nitrogen and oxygen atoms in total. The van der Waals surface area contributed by atoms with Crippen LogP contribution in [0.15, 0.2) is 0 Å². The van der Waals surface area contributed by atoms with Gasteiger partial charge in [0.25, 0.3) is 0 Å². The molecule has 0 bridgehead atoms. The second-order valence-electron chi connectivity index (χ2n) is 4.52. The van der Waals surface area contributed by atoms with Gasteiger partial charge in [-0.05, 0) is 11.8 Å². The Labute approximate surface area is 101 Å². The summed E-state index contributed by atoms with van der Waals surface area (Å²) in [5.41, 5.74) is -2.83. The average Bonchev–Trinajstić information content (AvgIpc) is 2.21. The fraction of sp³-hybridized carbons (Fsp3) is 0.800. The van der Waals surface area contributed by atoms with E-state index >= 15 is 0 Å². The molecule has 0 aromatic rings. The molecule has 0 saturated carbocycles. The third-order valence-corrected chi connectivity index (χ3v) is 2.82. The van der Waals surface area contributed by atoms with Crippen LogP contribution in [0.3, 0.4) is 0 Å². The summed E-state index contributed by atoms with van der Waals surface area (Å²) in [6.45, 7) is 7.06. The largest absolute Gasteiger partial charge is 0.458 e. The first-order chi connectivity index (χ1) is 7.67. The molecule has 0 aliphatic heterocycles. The van der Waals surface area contributed by atoms with Gasteiger partial charge in [-0.25, -0.2) is 9.59 Å². The van der Waals surface area contributed by atoms with Crippen molar-refractivity contribution in [2.45, 2.75) is 27.7 Å². The predicted molar refractivity (Wildman–Crippen MR) is 62.2 cm³/mol. The van der Waals surface area contributed by atoms with E-state index in [0.717, 1.165) is 0 Å². The molecule has 17 heavy (non-hydrogen) atoms. The van der Waals surface area contributed by atoms with E-state index in [1.807, 2.05) is 0 Å². The first-order valence-corrected chi connectivity index (χ1v) is 7.01. The van der Waals surface area contributed by atoms with E-state index in [9.17, 15) is 19.0 Å². The Balaban J connectivity index is 4.39. The first-order valence-electron chi connectivity index (χ1n) is 5.35. The van der Waals surface area contributed by atoms with Crippen LogP contribution in [-0.4, -0.2) is 29.5 Å². The average molecular weight is 266 g/mol. The van der Waals surface area contributed by atoms with Gasteiger partial charge in [0, 0.05) is 0 Å². The standard InChI is InChI=1S/C10H19O6P/c1-7(2)5-15-9(11)17(13,14)10(12)16-6-8(3)4/h7-8H,5-6H2,1-4H3,(H,13,14). The van der Waals surface area contributed by atoms with Crippen molar-refractivity contribution in [2.75, 3.05) is 13.2 Å². The maximum Gasteiger partial charge on any atom is 0.411 e. The van der Waals surface area contributed by atoms with E-state index in [4.69, 9.17) is 0 Å². The molecular weight excluding hydrogens is 247 g/mol. The molecule has 7 heteroatoms. The molecule has 0 amide bonds. The van der Waals surface area contributed by atoms with Crippen LogP contribution in [0.5, 0.6) is 0 Å². The van der Waals surface area contributed by atoms with Gasteiger partial charge in [-0.3, -0.25) is 4.57 Å². The fourth-order valence-electron chi connectivity index (χ4n) is 0.725. The Hall–Kier alpha value is -0.870. The molecule has 0 saturated heterocycles. The molecule has 0 aromatic heterocycles. The molecule has 0 unspecified atom stereocenters. The van der Waals surface area contributed by atoms with Crippen molar-refractivity contribution in [1.82, 2.24) is 0 Å². The molecule has 0 radical (unpaired) electrons. The maximum absolute atomic E-state index is 11.4. The van der Waals surface area contributed by atoms with Crippen LogP contribution in [0, 0.1) is 11.8 Å². The van der Waals surface area contributed by atoms with Gasteiger partial charge in [0.2, 0.25) is 0 Å². The number of hydrogen-bond donors (Lipinski definition) is 1. The molecule has 0 heterocycles. The van der Waals surface area contributed by atoms with Crippen LogP contribution >= 0.6 is 7.37 Å². The van der Waals surface area contributed by atoms with E-state index in [-0.39, 0.29) is 25.0 Å². The fourth-order valence-corrected chi connectivity index (χ4v) is 1.37. The van der Waals surface area contributed by atoms with Crippen molar-refractivity contribution in [2.24, 2.45) is 11.8 Å². The van der Waals surface area contributed by atoms with E-state index < -0.39 is 18.8 Å². The first kappa shape index (κ1) is 16.1. The highest BCUT2D eigenvalue weighted by atomic mass is 31.2. The van der Waals surface area contributed by atoms with Gasteiger partial charge < -0.3 is 14.4 Å². The lowest BCUT2D eigenvalue weighted by atomic mass is 10.2. The van der Waals surface area contributed by atoms with Crippen molar-refractivity contribution in [3.63, 3.8) is 0 Å². The summed E-state index contributed by atoms with van der Waals surface area (Å²) in [6, 6.07) is 0. The summed E-state index contributed by atoms with van der Waals surface area (Å²) in [4.78, 5) is 31.7. The Morgan fingerprint density at radius 2 is 1.29 bits per heavy atom. The number of carbonyl (C=O) groups is 2. The van der Waals surface area contributed by atoms with E-state index in [2.05, 4.69) is 9.47 Å². The second kappa shape index (κ2) is 6.77. The van der Waals surface area contributed by atoms with Gasteiger partial charge in [-0.15, -0.1) is 0 Å². The van der Waals surface area contributed by atoms with Crippen LogP contribution < -0.4 is 0 Å². The van der Waals surface area contributed by atoms with Gasteiger partial charge in [-0.1, -0.05) is 27.7 Å². The quantitative estimate of drug-likeness (QED) is 0.743. The van der Waals surface area contributed by atoms with Crippen molar-refractivity contribution >= 4 is 18.8 Å². The minimum atomic E-state index is -4.71. The second-order valence-corrected chi connectivity index (χ2v) is 6.40. The van der Waals surface area contributed by atoms with E-state index in [0.29, 0.717) is 0 Å². The molecule has 100 valence electrons. The van der Waals surface area contributed by atoms with Crippen molar-refractivity contribution in [3.8, 4) is 0 Å². The summed E-state index contributed by atoms with van der Waals surface area (Å²) >= 11 is 0. The SMILES string of the molecule is CC(C)COC(=O)P(=O)(O)C(=O)OCC(C)C. The highest BCUT2D eigenvalue weighted by molar-refractivity contribution is 7.88. The number of ether oxygens (including phenoxy) is 2. The molecule has 0 atom stereocenters. The van der Waals surface area contributed by atoms with Gasteiger partial charge in [0.1, 0.15) is 0 Å². The van der Waals surface area contributed by atoms with Gasteiger partial charge in [-0.2, -0.15) is 0 Å². The van der Waals surface area contributed by atoms with Gasteiger partial charge in [0.15, 0.2) is 0 Å². The lowest BCUT2D eigenvalue weighted by Gasteiger charge is -2.12. The third-order valence-electron chi connectivity index (χ3n) is 1.58. The predicted octanol–water partition coefficient (Wildman–Crippen LogP) is 2.84. The number of hydrogen-bond acceptors (Lipinski definition) is 5. The van der Waals surface area contributed by atoms with Crippen molar-refractivity contribution in [1.29, 1.82) is 0 Å². The Bertz CT molecular complexity index is 295. The Morgan fingerprint density at radius 3 is 1.53 bits per heavy atom. The summed E-state index contributed by atoms with van der Waals surface area (Å²) in [6.07, 6.45) is 0. The molecular formula is C10H19O6P. The zero-order valence-electron chi connectivity index (χ0n) is 10.5.